The van der Waals surface area contributed by atoms with E-state index in [1.807, 2.05) is 0 Å². The Kier molecular flexibility index (Phi) is 2.76. The molecule has 2 unspecified atom stereocenters. The molecule has 0 aromatic heterocycles. The van der Waals surface area contributed by atoms with Crippen LogP contribution < -0.4 is 5.32 Å². The molecule has 1 heterocycles. The highest BCUT2D eigenvalue weighted by Gasteiger charge is 2.38. The zero-order valence-corrected chi connectivity index (χ0v) is 12.7. The highest BCUT2D eigenvalue weighted by Crippen LogP contribution is 2.43. The van der Waals surface area contributed by atoms with E-state index in [1.165, 1.54) is 32.7 Å². The molecule has 1 N–H and O–H groups in total. The summed E-state index contributed by atoms with van der Waals surface area (Å²) in [4.78, 5) is 0. The van der Waals surface area contributed by atoms with Crippen molar-refractivity contribution in [3.63, 3.8) is 0 Å². The Morgan fingerprint density at radius 3 is 1.39 bits per heavy atom. The minimum atomic E-state index is 0.431. The van der Waals surface area contributed by atoms with Crippen molar-refractivity contribution in [2.75, 3.05) is 0 Å². The van der Waals surface area contributed by atoms with Crippen molar-refractivity contribution in [2.24, 2.45) is 0 Å². The molecule has 0 spiro atoms. The SMILES string of the molecule is c1ccc2cc(C3NC3c3ccc4ccccc4c3)ccc2c1. The van der Waals surface area contributed by atoms with Gasteiger partial charge in [-0.1, -0.05) is 72.8 Å². The molecule has 1 aliphatic rings. The van der Waals surface area contributed by atoms with E-state index >= 15 is 0 Å². The fourth-order valence-electron chi connectivity index (χ4n) is 3.52. The van der Waals surface area contributed by atoms with Gasteiger partial charge in [0.2, 0.25) is 0 Å². The van der Waals surface area contributed by atoms with E-state index in [2.05, 4.69) is 90.2 Å². The second kappa shape index (κ2) is 4.94. The van der Waals surface area contributed by atoms with E-state index in [1.54, 1.807) is 0 Å². The van der Waals surface area contributed by atoms with Gasteiger partial charge in [-0.25, -0.2) is 0 Å². The summed E-state index contributed by atoms with van der Waals surface area (Å²) in [7, 11) is 0. The average Bonchev–Trinajstić information content (AvgIpc) is 3.42. The Morgan fingerprint density at radius 2 is 0.913 bits per heavy atom. The minimum absolute atomic E-state index is 0.431. The minimum Gasteiger partial charge on any atom is -0.300 e. The molecular weight excluding hydrogens is 278 g/mol. The van der Waals surface area contributed by atoms with E-state index < -0.39 is 0 Å². The summed E-state index contributed by atoms with van der Waals surface area (Å²) >= 11 is 0. The fraction of sp³-hybridized carbons (Fsp3) is 0.0909. The molecule has 1 fully saturated rings. The van der Waals surface area contributed by atoms with E-state index in [-0.39, 0.29) is 0 Å². The second-order valence-electron chi connectivity index (χ2n) is 6.34. The number of nitrogens with one attached hydrogen (secondary N) is 1. The van der Waals surface area contributed by atoms with E-state index in [0.717, 1.165) is 0 Å². The largest absolute Gasteiger partial charge is 0.300 e. The van der Waals surface area contributed by atoms with Gasteiger partial charge in [-0.2, -0.15) is 0 Å². The number of fused-ring (bicyclic) bond motifs is 2. The second-order valence-corrected chi connectivity index (χ2v) is 6.34. The molecule has 110 valence electrons. The molecule has 1 nitrogen and oxygen atoms in total. The predicted molar refractivity (Wildman–Crippen MR) is 96.5 cm³/mol. The Hall–Kier alpha value is -2.64. The summed E-state index contributed by atoms with van der Waals surface area (Å²) in [5, 5.41) is 8.87. The van der Waals surface area contributed by atoms with Gasteiger partial charge in [-0.3, -0.25) is 5.32 Å². The van der Waals surface area contributed by atoms with Crippen LogP contribution in [-0.2, 0) is 0 Å². The van der Waals surface area contributed by atoms with Crippen molar-refractivity contribution in [2.45, 2.75) is 12.1 Å². The number of hydrogen-bond donors (Lipinski definition) is 1. The number of rotatable bonds is 2. The zero-order valence-electron chi connectivity index (χ0n) is 12.7. The first-order valence-electron chi connectivity index (χ1n) is 8.12. The summed E-state index contributed by atoms with van der Waals surface area (Å²) in [5.41, 5.74) is 2.75. The number of benzene rings is 4. The van der Waals surface area contributed by atoms with Crippen LogP contribution in [0.3, 0.4) is 0 Å². The van der Waals surface area contributed by atoms with Crippen molar-refractivity contribution in [3.8, 4) is 0 Å². The maximum Gasteiger partial charge on any atom is 0.0524 e. The standard InChI is InChI=1S/C22H17N/c1-3-7-17-13-19(11-9-15(17)5-1)21-22(23-21)20-12-10-16-6-2-4-8-18(16)14-20/h1-14,21-23H. The van der Waals surface area contributed by atoms with Gasteiger partial charge in [0.05, 0.1) is 12.1 Å². The third-order valence-electron chi connectivity index (χ3n) is 4.85. The van der Waals surface area contributed by atoms with Crippen molar-refractivity contribution in [1.82, 2.24) is 5.32 Å². The molecule has 23 heavy (non-hydrogen) atoms. The van der Waals surface area contributed by atoms with Crippen LogP contribution in [0.15, 0.2) is 84.9 Å². The Morgan fingerprint density at radius 1 is 0.478 bits per heavy atom. The van der Waals surface area contributed by atoms with E-state index in [4.69, 9.17) is 0 Å². The summed E-state index contributed by atoms with van der Waals surface area (Å²) in [6.07, 6.45) is 0. The highest BCUT2D eigenvalue weighted by molar-refractivity contribution is 5.84. The van der Waals surface area contributed by atoms with Gasteiger partial charge in [0.15, 0.2) is 0 Å². The van der Waals surface area contributed by atoms with Crippen LogP contribution in [0, 0.1) is 0 Å². The summed E-state index contributed by atoms with van der Waals surface area (Å²) in [6.45, 7) is 0. The summed E-state index contributed by atoms with van der Waals surface area (Å²) in [5.74, 6) is 0. The molecule has 0 saturated carbocycles. The fourth-order valence-corrected chi connectivity index (χ4v) is 3.52. The van der Waals surface area contributed by atoms with Crippen LogP contribution in [0.25, 0.3) is 21.5 Å². The molecule has 4 aromatic rings. The van der Waals surface area contributed by atoms with Crippen LogP contribution in [0.2, 0.25) is 0 Å². The van der Waals surface area contributed by atoms with Crippen molar-refractivity contribution in [1.29, 1.82) is 0 Å². The van der Waals surface area contributed by atoms with E-state index in [9.17, 15) is 0 Å². The average molecular weight is 295 g/mol. The number of hydrogen-bond acceptors (Lipinski definition) is 1. The van der Waals surface area contributed by atoms with Gasteiger partial charge >= 0.3 is 0 Å². The summed E-state index contributed by atoms with van der Waals surface area (Å²) in [6, 6.07) is 31.5. The molecular formula is C22H17N. The predicted octanol–water partition coefficient (Wildman–Crippen LogP) is 5.38. The summed E-state index contributed by atoms with van der Waals surface area (Å²) < 4.78 is 0. The van der Waals surface area contributed by atoms with Crippen molar-refractivity contribution >= 4 is 21.5 Å². The van der Waals surface area contributed by atoms with Gasteiger partial charge in [0.25, 0.3) is 0 Å². The lowest BCUT2D eigenvalue weighted by molar-refractivity contribution is 1.03. The normalized spacial score (nSPS) is 20.0. The Balaban J connectivity index is 1.48. The van der Waals surface area contributed by atoms with Gasteiger partial charge in [-0.05, 0) is 44.8 Å². The molecule has 0 bridgehead atoms. The molecule has 0 amide bonds. The lowest BCUT2D eigenvalue weighted by Crippen LogP contribution is -1.85. The molecule has 1 saturated heterocycles. The van der Waals surface area contributed by atoms with Gasteiger partial charge < -0.3 is 0 Å². The van der Waals surface area contributed by atoms with Crippen LogP contribution >= 0.6 is 0 Å². The topological polar surface area (TPSA) is 21.9 Å². The Labute approximate surface area is 135 Å². The van der Waals surface area contributed by atoms with Gasteiger partial charge in [0.1, 0.15) is 0 Å². The van der Waals surface area contributed by atoms with Crippen LogP contribution in [-0.4, -0.2) is 0 Å². The van der Waals surface area contributed by atoms with Crippen molar-refractivity contribution in [3.05, 3.63) is 96.1 Å². The quantitative estimate of drug-likeness (QED) is 0.493. The lowest BCUT2D eigenvalue weighted by atomic mass is 9.99. The molecule has 4 aromatic carbocycles. The third kappa shape index (κ3) is 2.21. The van der Waals surface area contributed by atoms with Crippen LogP contribution in [0.5, 0.6) is 0 Å². The Bertz CT molecular complexity index is 935. The van der Waals surface area contributed by atoms with Crippen LogP contribution in [0.1, 0.15) is 23.2 Å². The van der Waals surface area contributed by atoms with Gasteiger partial charge in [0, 0.05) is 0 Å². The molecule has 2 atom stereocenters. The molecule has 0 aliphatic carbocycles. The van der Waals surface area contributed by atoms with E-state index in [0.29, 0.717) is 12.1 Å². The highest BCUT2D eigenvalue weighted by atomic mass is 15.1. The van der Waals surface area contributed by atoms with Crippen molar-refractivity contribution < 1.29 is 0 Å². The molecule has 1 aliphatic heterocycles. The van der Waals surface area contributed by atoms with Gasteiger partial charge in [-0.15, -0.1) is 0 Å². The maximum absolute atomic E-state index is 3.63. The first-order valence-corrected chi connectivity index (χ1v) is 8.12. The lowest BCUT2D eigenvalue weighted by Gasteiger charge is -2.04. The maximum atomic E-state index is 3.63. The monoisotopic (exact) mass is 295 g/mol. The van der Waals surface area contributed by atoms with Crippen LogP contribution in [0.4, 0.5) is 0 Å². The molecule has 0 radical (unpaired) electrons. The first kappa shape index (κ1) is 12.9. The molecule has 5 rings (SSSR count). The zero-order chi connectivity index (χ0) is 15.2. The third-order valence-corrected chi connectivity index (χ3v) is 4.85. The molecule has 1 heteroatoms. The first-order chi connectivity index (χ1) is 11.4. The smallest absolute Gasteiger partial charge is 0.0524 e.